The number of aliphatic hydroxyl groups is 3. The van der Waals surface area contributed by atoms with Crippen LogP contribution in [-0.2, 0) is 14.3 Å². The number of hydrogen-bond acceptors (Lipinski definition) is 6. The summed E-state index contributed by atoms with van der Waals surface area (Å²) in [6, 6.07) is 0. The van der Waals surface area contributed by atoms with Crippen molar-refractivity contribution in [2.75, 3.05) is 14.2 Å². The highest BCUT2D eigenvalue weighted by atomic mass is 16.5. The first-order chi connectivity index (χ1) is 11.0. The lowest BCUT2D eigenvalue weighted by molar-refractivity contribution is -0.141. The fourth-order valence-electron chi connectivity index (χ4n) is 4.06. The second-order valence-electron chi connectivity index (χ2n) is 7.02. The van der Waals surface area contributed by atoms with Crippen LogP contribution in [0.15, 0.2) is 0 Å². The third-order valence-corrected chi connectivity index (χ3v) is 5.51. The van der Waals surface area contributed by atoms with Crippen LogP contribution >= 0.6 is 0 Å². The van der Waals surface area contributed by atoms with Crippen molar-refractivity contribution in [3.8, 4) is 0 Å². The van der Waals surface area contributed by atoms with E-state index in [1.54, 1.807) is 14.2 Å². The van der Waals surface area contributed by atoms with Crippen LogP contribution in [0.1, 0.15) is 44.9 Å². The van der Waals surface area contributed by atoms with E-state index in [0.29, 0.717) is 38.0 Å². The highest BCUT2D eigenvalue weighted by Gasteiger charge is 2.40. The molecule has 134 valence electrons. The molecular weight excluding hydrogens is 300 g/mol. The Hall–Kier alpha value is -0.530. The Morgan fingerprint density at radius 2 is 1.61 bits per heavy atom. The second kappa shape index (κ2) is 8.53. The van der Waals surface area contributed by atoms with Gasteiger partial charge in [-0.25, -0.2) is 0 Å². The number of methoxy groups -OCH3 is 2. The number of aliphatic hydroxyl groups excluding tert-OH is 3. The fourth-order valence-corrected chi connectivity index (χ4v) is 4.06. The number of carbonyl (C=O) groups excluding carboxylic acids is 1. The van der Waals surface area contributed by atoms with Gasteiger partial charge >= 0.3 is 0 Å². The summed E-state index contributed by atoms with van der Waals surface area (Å²) in [4.78, 5) is 12.4. The van der Waals surface area contributed by atoms with Gasteiger partial charge in [-0.2, -0.15) is 0 Å². The summed E-state index contributed by atoms with van der Waals surface area (Å²) in [5, 5.41) is 30.3. The summed E-state index contributed by atoms with van der Waals surface area (Å²) in [6.07, 6.45) is 1.75. The van der Waals surface area contributed by atoms with Gasteiger partial charge in [-0.1, -0.05) is 0 Å². The predicted molar refractivity (Wildman–Crippen MR) is 83.9 cm³/mol. The Bertz CT molecular complexity index is 375. The molecule has 5 unspecified atom stereocenters. The van der Waals surface area contributed by atoms with Gasteiger partial charge in [0.2, 0.25) is 0 Å². The van der Waals surface area contributed by atoms with Crippen molar-refractivity contribution in [3.05, 3.63) is 0 Å². The van der Waals surface area contributed by atoms with Crippen molar-refractivity contribution in [3.63, 3.8) is 0 Å². The average Bonchev–Trinajstić information content (AvgIpc) is 2.52. The molecule has 0 aromatic carbocycles. The van der Waals surface area contributed by atoms with Crippen molar-refractivity contribution in [2.24, 2.45) is 11.8 Å². The molecule has 2 fully saturated rings. The maximum Gasteiger partial charge on any atom is 0.141 e. The minimum atomic E-state index is -0.842. The molecule has 2 saturated carbocycles. The minimum Gasteiger partial charge on any atom is -0.392 e. The Kier molecular flexibility index (Phi) is 6.98. The number of ether oxygens (including phenoxy) is 2. The Morgan fingerprint density at radius 3 is 2.13 bits per heavy atom. The van der Waals surface area contributed by atoms with E-state index in [1.807, 2.05) is 0 Å². The minimum absolute atomic E-state index is 0.0806. The predicted octanol–water partition coefficient (Wildman–Crippen LogP) is 0.658. The summed E-state index contributed by atoms with van der Waals surface area (Å²) in [6.45, 7) is 0. The van der Waals surface area contributed by atoms with E-state index < -0.39 is 24.2 Å². The molecule has 0 aromatic rings. The quantitative estimate of drug-likeness (QED) is 0.662. The number of carbonyl (C=O) groups is 1. The van der Waals surface area contributed by atoms with Crippen LogP contribution in [0.3, 0.4) is 0 Å². The third kappa shape index (κ3) is 4.73. The third-order valence-electron chi connectivity index (χ3n) is 5.51. The molecular formula is C17H30O6. The molecule has 0 radical (unpaired) electrons. The molecule has 2 rings (SSSR count). The highest BCUT2D eigenvalue weighted by Crippen LogP contribution is 2.32. The lowest BCUT2D eigenvalue weighted by atomic mass is 9.76. The first kappa shape index (κ1) is 18.8. The molecule has 0 aliphatic heterocycles. The van der Waals surface area contributed by atoms with Crippen LogP contribution in [0.5, 0.6) is 0 Å². The first-order valence-electron chi connectivity index (χ1n) is 8.58. The topological polar surface area (TPSA) is 96.2 Å². The van der Waals surface area contributed by atoms with Gasteiger partial charge in [-0.3, -0.25) is 4.79 Å². The molecule has 23 heavy (non-hydrogen) atoms. The largest absolute Gasteiger partial charge is 0.392 e. The van der Waals surface area contributed by atoms with Crippen molar-refractivity contribution in [1.82, 2.24) is 0 Å². The van der Waals surface area contributed by atoms with Crippen molar-refractivity contribution in [2.45, 2.75) is 75.5 Å². The van der Waals surface area contributed by atoms with E-state index in [9.17, 15) is 20.1 Å². The van der Waals surface area contributed by atoms with Crippen LogP contribution in [0.2, 0.25) is 0 Å². The van der Waals surface area contributed by atoms with Crippen LogP contribution in [0.4, 0.5) is 0 Å². The van der Waals surface area contributed by atoms with Crippen LogP contribution < -0.4 is 0 Å². The Balaban J connectivity index is 1.81. The number of rotatable bonds is 6. The standard InChI is InChI=1S/C17H30O6/c1-22-11-8-14(20)17(15(21)9-11)12(18)5-3-10-4-6-16(23-2)13(19)7-10/h10-11,13-17,19-21H,3-9H2,1-2H3. The van der Waals surface area contributed by atoms with Gasteiger partial charge in [0.1, 0.15) is 5.78 Å². The van der Waals surface area contributed by atoms with E-state index in [-0.39, 0.29) is 18.0 Å². The monoisotopic (exact) mass is 330 g/mol. The maximum atomic E-state index is 12.4. The van der Waals surface area contributed by atoms with Gasteiger partial charge in [-0.15, -0.1) is 0 Å². The molecule has 0 amide bonds. The number of ketones is 1. The molecule has 2 aliphatic carbocycles. The fraction of sp³-hybridized carbons (Fsp3) is 0.941. The second-order valence-corrected chi connectivity index (χ2v) is 7.02. The molecule has 0 spiro atoms. The zero-order valence-corrected chi connectivity index (χ0v) is 14.1. The van der Waals surface area contributed by atoms with E-state index in [0.717, 1.165) is 12.8 Å². The molecule has 3 N–H and O–H groups in total. The summed E-state index contributed by atoms with van der Waals surface area (Å²) >= 11 is 0. The first-order valence-corrected chi connectivity index (χ1v) is 8.58. The molecule has 0 saturated heterocycles. The summed E-state index contributed by atoms with van der Waals surface area (Å²) in [5.41, 5.74) is 0. The Morgan fingerprint density at radius 1 is 0.957 bits per heavy atom. The van der Waals surface area contributed by atoms with Gasteiger partial charge < -0.3 is 24.8 Å². The van der Waals surface area contributed by atoms with E-state index in [4.69, 9.17) is 9.47 Å². The van der Waals surface area contributed by atoms with Gasteiger partial charge in [0.25, 0.3) is 0 Å². The molecule has 0 heterocycles. The Labute approximate surface area is 137 Å². The van der Waals surface area contributed by atoms with Crippen molar-refractivity contribution in [1.29, 1.82) is 0 Å². The van der Waals surface area contributed by atoms with Gasteiger partial charge in [0.15, 0.2) is 0 Å². The molecule has 6 heteroatoms. The summed E-state index contributed by atoms with van der Waals surface area (Å²) < 4.78 is 10.4. The molecule has 2 aliphatic rings. The lowest BCUT2D eigenvalue weighted by Crippen LogP contribution is -2.46. The summed E-state index contributed by atoms with van der Waals surface area (Å²) in [5.74, 6) is -0.491. The molecule has 0 bridgehead atoms. The van der Waals surface area contributed by atoms with Gasteiger partial charge in [-0.05, 0) is 31.6 Å². The molecule has 5 atom stereocenters. The van der Waals surface area contributed by atoms with Crippen LogP contribution in [0.25, 0.3) is 0 Å². The van der Waals surface area contributed by atoms with Crippen molar-refractivity contribution >= 4 is 5.78 Å². The lowest BCUT2D eigenvalue weighted by Gasteiger charge is -2.36. The van der Waals surface area contributed by atoms with E-state index >= 15 is 0 Å². The number of Topliss-reactive ketones (excluding diaryl/α,β-unsaturated/α-hetero) is 1. The zero-order chi connectivity index (χ0) is 17.0. The van der Waals surface area contributed by atoms with E-state index in [2.05, 4.69) is 0 Å². The zero-order valence-electron chi connectivity index (χ0n) is 14.1. The maximum absolute atomic E-state index is 12.4. The summed E-state index contributed by atoms with van der Waals surface area (Å²) in [7, 11) is 3.16. The van der Waals surface area contributed by atoms with Crippen LogP contribution in [-0.4, -0.2) is 65.8 Å². The normalized spacial score (nSPS) is 41.7. The SMILES string of the molecule is COC1CC(O)C(C(=O)CCC2CCC(OC)C(O)C2)C(O)C1. The molecule has 6 nitrogen and oxygen atoms in total. The smallest absolute Gasteiger partial charge is 0.141 e. The number of hydrogen-bond donors (Lipinski definition) is 3. The van der Waals surface area contributed by atoms with Gasteiger partial charge in [0.05, 0.1) is 36.4 Å². The van der Waals surface area contributed by atoms with Crippen LogP contribution in [0, 0.1) is 11.8 Å². The average molecular weight is 330 g/mol. The molecule has 0 aromatic heterocycles. The van der Waals surface area contributed by atoms with Gasteiger partial charge in [0, 0.05) is 33.5 Å². The highest BCUT2D eigenvalue weighted by molar-refractivity contribution is 5.82. The van der Waals surface area contributed by atoms with Crippen molar-refractivity contribution < 1.29 is 29.6 Å². The van der Waals surface area contributed by atoms with E-state index in [1.165, 1.54) is 0 Å².